The Morgan fingerprint density at radius 2 is 1.85 bits per heavy atom. The number of hydrogen-bond acceptors (Lipinski definition) is 5. The van der Waals surface area contributed by atoms with E-state index < -0.39 is 17.7 Å². The number of nitrogens with one attached hydrogen (secondary N) is 1. The van der Waals surface area contributed by atoms with E-state index in [1.807, 2.05) is 13.0 Å². The molecule has 0 aliphatic carbocycles. The van der Waals surface area contributed by atoms with Crippen LogP contribution in [0.5, 0.6) is 5.75 Å². The third kappa shape index (κ3) is 6.00. The lowest BCUT2D eigenvalue weighted by molar-refractivity contribution is -0.137. The van der Waals surface area contributed by atoms with Crippen molar-refractivity contribution in [2.24, 2.45) is 0 Å². The SMILES string of the molecule is CCCc1cc(-c2cc(NCCc3ccc(C(F)(F)F)cc3OC)ncn2)ccc1C(=O)O. The van der Waals surface area contributed by atoms with Crippen molar-refractivity contribution >= 4 is 11.8 Å². The maximum atomic E-state index is 12.9. The Bertz CT molecular complexity index is 1130. The monoisotopic (exact) mass is 459 g/mol. The second-order valence-corrected chi connectivity index (χ2v) is 7.42. The molecule has 0 fully saturated rings. The molecular formula is C24H24F3N3O3. The van der Waals surface area contributed by atoms with Crippen LogP contribution in [0.2, 0.25) is 0 Å². The summed E-state index contributed by atoms with van der Waals surface area (Å²) in [5.41, 5.74) is 2.31. The molecule has 174 valence electrons. The Morgan fingerprint density at radius 3 is 2.52 bits per heavy atom. The molecule has 1 aromatic heterocycles. The molecule has 6 nitrogen and oxygen atoms in total. The minimum Gasteiger partial charge on any atom is -0.496 e. The van der Waals surface area contributed by atoms with E-state index in [1.165, 1.54) is 19.5 Å². The van der Waals surface area contributed by atoms with Crippen LogP contribution in [0.1, 0.15) is 40.4 Å². The van der Waals surface area contributed by atoms with Crippen molar-refractivity contribution in [3.05, 3.63) is 71.0 Å². The summed E-state index contributed by atoms with van der Waals surface area (Å²) in [6, 6.07) is 10.3. The van der Waals surface area contributed by atoms with Crippen LogP contribution in [0, 0.1) is 0 Å². The van der Waals surface area contributed by atoms with Crippen molar-refractivity contribution in [3.8, 4) is 17.0 Å². The van der Waals surface area contributed by atoms with Gasteiger partial charge in [0.1, 0.15) is 17.9 Å². The highest BCUT2D eigenvalue weighted by atomic mass is 19.4. The molecule has 0 unspecified atom stereocenters. The van der Waals surface area contributed by atoms with E-state index in [4.69, 9.17) is 4.74 Å². The average Bonchev–Trinajstić information content (AvgIpc) is 2.78. The summed E-state index contributed by atoms with van der Waals surface area (Å²) in [5.74, 6) is -0.240. The Kier molecular flexibility index (Phi) is 7.52. The summed E-state index contributed by atoms with van der Waals surface area (Å²) in [7, 11) is 1.34. The first kappa shape index (κ1) is 24.0. The van der Waals surface area contributed by atoms with Crippen molar-refractivity contribution in [1.82, 2.24) is 9.97 Å². The van der Waals surface area contributed by atoms with Crippen LogP contribution in [-0.4, -0.2) is 34.7 Å². The summed E-state index contributed by atoms with van der Waals surface area (Å²) >= 11 is 0. The topological polar surface area (TPSA) is 84.3 Å². The van der Waals surface area contributed by atoms with Crippen LogP contribution in [-0.2, 0) is 19.0 Å². The molecule has 0 atom stereocenters. The lowest BCUT2D eigenvalue weighted by Crippen LogP contribution is -2.09. The molecule has 3 aromatic rings. The van der Waals surface area contributed by atoms with Gasteiger partial charge in [-0.05, 0) is 48.2 Å². The first-order chi connectivity index (χ1) is 15.7. The number of aromatic carboxylic acids is 1. The molecule has 0 aliphatic heterocycles. The predicted octanol–water partition coefficient (Wildman–Crippen LogP) is 5.48. The van der Waals surface area contributed by atoms with Crippen LogP contribution < -0.4 is 10.1 Å². The van der Waals surface area contributed by atoms with E-state index in [9.17, 15) is 23.1 Å². The van der Waals surface area contributed by atoms with E-state index in [-0.39, 0.29) is 11.3 Å². The van der Waals surface area contributed by atoms with E-state index in [2.05, 4.69) is 15.3 Å². The molecule has 0 saturated heterocycles. The number of halogens is 3. The van der Waals surface area contributed by atoms with Gasteiger partial charge in [-0.2, -0.15) is 13.2 Å². The fourth-order valence-electron chi connectivity index (χ4n) is 3.50. The number of ether oxygens (including phenoxy) is 1. The molecule has 0 bridgehead atoms. The van der Waals surface area contributed by atoms with Gasteiger partial charge in [0.05, 0.1) is 23.9 Å². The minimum absolute atomic E-state index is 0.178. The normalized spacial score (nSPS) is 11.3. The summed E-state index contributed by atoms with van der Waals surface area (Å²) in [4.78, 5) is 19.9. The Morgan fingerprint density at radius 1 is 1.06 bits per heavy atom. The second kappa shape index (κ2) is 10.3. The van der Waals surface area contributed by atoms with Gasteiger partial charge in [-0.25, -0.2) is 14.8 Å². The van der Waals surface area contributed by atoms with Crippen LogP contribution in [0.15, 0.2) is 48.8 Å². The van der Waals surface area contributed by atoms with Gasteiger partial charge < -0.3 is 15.2 Å². The highest BCUT2D eigenvalue weighted by molar-refractivity contribution is 5.90. The number of carbonyl (C=O) groups is 1. The third-order valence-corrected chi connectivity index (χ3v) is 5.13. The number of aryl methyl sites for hydroxylation is 1. The molecule has 33 heavy (non-hydrogen) atoms. The third-order valence-electron chi connectivity index (χ3n) is 5.13. The van der Waals surface area contributed by atoms with Crippen LogP contribution >= 0.6 is 0 Å². The van der Waals surface area contributed by atoms with E-state index in [0.717, 1.165) is 29.7 Å². The van der Waals surface area contributed by atoms with Gasteiger partial charge in [-0.1, -0.05) is 25.5 Å². The molecule has 0 radical (unpaired) electrons. The van der Waals surface area contributed by atoms with Crippen molar-refractivity contribution in [1.29, 1.82) is 0 Å². The van der Waals surface area contributed by atoms with E-state index in [0.29, 0.717) is 36.5 Å². The summed E-state index contributed by atoms with van der Waals surface area (Å²) in [5, 5.41) is 12.5. The maximum absolute atomic E-state index is 12.9. The predicted molar refractivity (Wildman–Crippen MR) is 119 cm³/mol. The van der Waals surface area contributed by atoms with Crippen molar-refractivity contribution in [3.63, 3.8) is 0 Å². The molecule has 2 aromatic carbocycles. The first-order valence-corrected chi connectivity index (χ1v) is 10.4. The standard InChI is InChI=1S/C24H24F3N3O3/c1-3-4-16-11-17(6-8-19(16)23(31)32)20-13-22(30-14-29-20)28-10-9-15-5-7-18(24(25,26)27)12-21(15)33-2/h5-8,11-14H,3-4,9-10H2,1-2H3,(H,31,32)(H,28,29,30). The molecule has 0 amide bonds. The maximum Gasteiger partial charge on any atom is 0.416 e. The fraction of sp³-hybridized carbons (Fsp3) is 0.292. The Balaban J connectivity index is 1.73. The number of hydrogen-bond donors (Lipinski definition) is 2. The van der Waals surface area contributed by atoms with Crippen LogP contribution in [0.3, 0.4) is 0 Å². The lowest BCUT2D eigenvalue weighted by atomic mass is 9.98. The zero-order chi connectivity index (χ0) is 24.0. The molecular weight excluding hydrogens is 435 g/mol. The summed E-state index contributed by atoms with van der Waals surface area (Å²) < 4.78 is 43.8. The van der Waals surface area contributed by atoms with Crippen molar-refractivity contribution < 1.29 is 27.8 Å². The second-order valence-electron chi connectivity index (χ2n) is 7.42. The van der Waals surface area contributed by atoms with Gasteiger partial charge in [-0.15, -0.1) is 0 Å². The number of rotatable bonds is 9. The smallest absolute Gasteiger partial charge is 0.416 e. The van der Waals surface area contributed by atoms with Crippen molar-refractivity contribution in [2.75, 3.05) is 19.0 Å². The van der Waals surface area contributed by atoms with E-state index >= 15 is 0 Å². The number of carboxylic acids is 1. The highest BCUT2D eigenvalue weighted by Gasteiger charge is 2.31. The minimum atomic E-state index is -4.43. The van der Waals surface area contributed by atoms with Crippen LogP contribution in [0.4, 0.5) is 19.0 Å². The fourth-order valence-corrected chi connectivity index (χ4v) is 3.50. The zero-order valence-electron chi connectivity index (χ0n) is 18.2. The summed E-state index contributed by atoms with van der Waals surface area (Å²) in [6.45, 7) is 2.40. The molecule has 3 rings (SSSR count). The first-order valence-electron chi connectivity index (χ1n) is 10.4. The number of aromatic nitrogens is 2. The van der Waals surface area contributed by atoms with Crippen molar-refractivity contribution in [2.45, 2.75) is 32.4 Å². The number of alkyl halides is 3. The molecule has 9 heteroatoms. The van der Waals surface area contributed by atoms with E-state index in [1.54, 1.807) is 18.2 Å². The number of benzene rings is 2. The average molecular weight is 459 g/mol. The zero-order valence-corrected chi connectivity index (χ0v) is 18.2. The highest BCUT2D eigenvalue weighted by Crippen LogP contribution is 2.33. The number of anilines is 1. The Hall–Kier alpha value is -3.62. The number of nitrogens with zero attached hydrogens (tertiary/aromatic N) is 2. The lowest BCUT2D eigenvalue weighted by Gasteiger charge is -2.13. The van der Waals surface area contributed by atoms with Gasteiger partial charge in [0, 0.05) is 18.2 Å². The molecule has 0 saturated carbocycles. The molecule has 2 N–H and O–H groups in total. The molecule has 1 heterocycles. The van der Waals surface area contributed by atoms with Gasteiger partial charge in [0.15, 0.2) is 0 Å². The number of carboxylic acid groups (broad SMARTS) is 1. The summed E-state index contributed by atoms with van der Waals surface area (Å²) in [6.07, 6.45) is -1.15. The molecule has 0 aliphatic rings. The van der Waals surface area contributed by atoms with Gasteiger partial charge >= 0.3 is 12.1 Å². The number of methoxy groups -OCH3 is 1. The Labute approximate surface area is 189 Å². The van der Waals surface area contributed by atoms with Gasteiger partial charge in [-0.3, -0.25) is 0 Å². The largest absolute Gasteiger partial charge is 0.496 e. The van der Waals surface area contributed by atoms with Gasteiger partial charge in [0.2, 0.25) is 0 Å². The van der Waals surface area contributed by atoms with Gasteiger partial charge in [0.25, 0.3) is 0 Å². The molecule has 0 spiro atoms. The van der Waals surface area contributed by atoms with Crippen LogP contribution in [0.25, 0.3) is 11.3 Å². The quantitative estimate of drug-likeness (QED) is 0.441.